The van der Waals surface area contributed by atoms with Crippen molar-refractivity contribution in [3.05, 3.63) is 45.3 Å². The van der Waals surface area contributed by atoms with Crippen LogP contribution < -0.4 is 10.1 Å². The summed E-state index contributed by atoms with van der Waals surface area (Å²) in [6.07, 6.45) is 12.4. The molecule has 0 atom stereocenters. The number of ether oxygens (including phenoxy) is 1. The van der Waals surface area contributed by atoms with Gasteiger partial charge in [-0.05, 0) is 75.1 Å². The number of carbonyl (C=O) groups is 2. The minimum atomic E-state index is -0.284. The Morgan fingerprint density at radius 2 is 1.91 bits per heavy atom. The van der Waals surface area contributed by atoms with E-state index in [4.69, 9.17) is 17.0 Å². The SMILES string of the molecule is O=C(CN1C(=O)/C(=C/c2ccc(OC3CCCCC3)cc2)SC1=S)Nc1nc2c(s1)CCCC2. The molecule has 1 N–H and O–H groups in total. The summed E-state index contributed by atoms with van der Waals surface area (Å²) in [6.45, 7) is -0.111. The Bertz CT molecular complexity index is 1100. The summed E-state index contributed by atoms with van der Waals surface area (Å²) >= 11 is 8.15. The van der Waals surface area contributed by atoms with Gasteiger partial charge in [-0.25, -0.2) is 4.98 Å². The molecule has 5 rings (SSSR count). The van der Waals surface area contributed by atoms with Crippen molar-refractivity contribution in [2.24, 2.45) is 0 Å². The van der Waals surface area contributed by atoms with Gasteiger partial charge in [0.15, 0.2) is 5.13 Å². The lowest BCUT2D eigenvalue weighted by atomic mass is 9.98. The van der Waals surface area contributed by atoms with E-state index in [-0.39, 0.29) is 18.4 Å². The Kier molecular flexibility index (Phi) is 7.32. The maximum Gasteiger partial charge on any atom is 0.266 e. The van der Waals surface area contributed by atoms with Crippen molar-refractivity contribution >= 4 is 62.7 Å². The topological polar surface area (TPSA) is 71.5 Å². The average molecular weight is 514 g/mol. The fourth-order valence-electron chi connectivity index (χ4n) is 4.51. The summed E-state index contributed by atoms with van der Waals surface area (Å²) in [7, 11) is 0. The highest BCUT2D eigenvalue weighted by atomic mass is 32.2. The molecule has 2 fully saturated rings. The van der Waals surface area contributed by atoms with E-state index in [0.29, 0.717) is 20.5 Å². The summed E-state index contributed by atoms with van der Waals surface area (Å²) in [4.78, 5) is 33.2. The highest BCUT2D eigenvalue weighted by Gasteiger charge is 2.33. The highest BCUT2D eigenvalue weighted by molar-refractivity contribution is 8.26. The minimum absolute atomic E-state index is 0.111. The second-order valence-corrected chi connectivity index (χ2v) is 11.6. The Morgan fingerprint density at radius 1 is 1.15 bits per heavy atom. The van der Waals surface area contributed by atoms with Crippen LogP contribution in [0, 0.1) is 0 Å². The number of aryl methyl sites for hydroxylation is 2. The molecule has 3 aliphatic rings. The largest absolute Gasteiger partial charge is 0.490 e. The van der Waals surface area contributed by atoms with E-state index in [9.17, 15) is 9.59 Å². The van der Waals surface area contributed by atoms with Gasteiger partial charge in [0, 0.05) is 4.88 Å². The molecular formula is C25H27N3O3S3. The lowest BCUT2D eigenvalue weighted by Crippen LogP contribution is -2.36. The normalized spacial score (nSPS) is 20.0. The Morgan fingerprint density at radius 3 is 2.68 bits per heavy atom. The number of carbonyl (C=O) groups excluding carboxylic acids is 2. The van der Waals surface area contributed by atoms with Gasteiger partial charge in [0.05, 0.1) is 16.7 Å². The Balaban J connectivity index is 1.18. The lowest BCUT2D eigenvalue weighted by Gasteiger charge is -2.22. The van der Waals surface area contributed by atoms with E-state index in [1.807, 2.05) is 30.3 Å². The Hall–Kier alpha value is -2.23. The number of anilines is 1. The van der Waals surface area contributed by atoms with E-state index >= 15 is 0 Å². The van der Waals surface area contributed by atoms with E-state index in [1.165, 1.54) is 58.6 Å². The van der Waals surface area contributed by atoms with Gasteiger partial charge < -0.3 is 10.1 Å². The van der Waals surface area contributed by atoms with Gasteiger partial charge in [-0.1, -0.05) is 42.5 Å². The summed E-state index contributed by atoms with van der Waals surface area (Å²) < 4.78 is 6.47. The molecule has 2 aliphatic carbocycles. The van der Waals surface area contributed by atoms with Gasteiger partial charge >= 0.3 is 0 Å². The molecule has 34 heavy (non-hydrogen) atoms. The third-order valence-corrected chi connectivity index (χ3v) is 8.75. The fourth-order valence-corrected chi connectivity index (χ4v) is 6.83. The molecule has 1 aromatic carbocycles. The zero-order chi connectivity index (χ0) is 23.5. The zero-order valence-electron chi connectivity index (χ0n) is 18.9. The van der Waals surface area contributed by atoms with Crippen molar-refractivity contribution in [3.63, 3.8) is 0 Å². The first-order chi connectivity index (χ1) is 16.5. The van der Waals surface area contributed by atoms with Gasteiger partial charge in [-0.3, -0.25) is 14.5 Å². The van der Waals surface area contributed by atoms with Gasteiger partial charge in [0.1, 0.15) is 16.6 Å². The lowest BCUT2D eigenvalue weighted by molar-refractivity contribution is -0.126. The summed E-state index contributed by atoms with van der Waals surface area (Å²) in [6, 6.07) is 7.79. The van der Waals surface area contributed by atoms with Crippen LogP contribution in [0.3, 0.4) is 0 Å². The second-order valence-electron chi connectivity index (χ2n) is 8.86. The average Bonchev–Trinajstić information content (AvgIpc) is 3.36. The van der Waals surface area contributed by atoms with Crippen molar-refractivity contribution in [1.82, 2.24) is 9.88 Å². The number of thiocarbonyl (C=S) groups is 1. The number of benzene rings is 1. The molecule has 0 bridgehead atoms. The predicted octanol–water partition coefficient (Wildman–Crippen LogP) is 5.57. The monoisotopic (exact) mass is 513 g/mol. The van der Waals surface area contributed by atoms with E-state index in [0.717, 1.165) is 49.1 Å². The number of amides is 2. The van der Waals surface area contributed by atoms with Crippen LogP contribution in [0.5, 0.6) is 5.75 Å². The molecule has 1 aromatic heterocycles. The molecule has 178 valence electrons. The van der Waals surface area contributed by atoms with Gasteiger partial charge in [-0.15, -0.1) is 11.3 Å². The van der Waals surface area contributed by atoms with Crippen LogP contribution in [0.2, 0.25) is 0 Å². The quantitative estimate of drug-likeness (QED) is 0.402. The van der Waals surface area contributed by atoms with Gasteiger partial charge in [0.25, 0.3) is 5.91 Å². The highest BCUT2D eigenvalue weighted by Crippen LogP contribution is 2.33. The van der Waals surface area contributed by atoms with Crippen LogP contribution in [0.4, 0.5) is 5.13 Å². The molecule has 1 aliphatic heterocycles. The second kappa shape index (κ2) is 10.6. The molecule has 6 nitrogen and oxygen atoms in total. The molecular weight excluding hydrogens is 486 g/mol. The third-order valence-electron chi connectivity index (χ3n) is 6.30. The molecule has 9 heteroatoms. The first-order valence-corrected chi connectivity index (χ1v) is 13.9. The van der Waals surface area contributed by atoms with Crippen LogP contribution in [0.15, 0.2) is 29.2 Å². The number of hydrogen-bond donors (Lipinski definition) is 1. The van der Waals surface area contributed by atoms with Crippen molar-refractivity contribution in [1.29, 1.82) is 0 Å². The number of hydrogen-bond acceptors (Lipinski definition) is 7. The molecule has 2 heterocycles. The molecule has 2 aromatic rings. The van der Waals surface area contributed by atoms with Gasteiger partial charge in [-0.2, -0.15) is 0 Å². The van der Waals surface area contributed by atoms with E-state index < -0.39 is 0 Å². The first kappa shape index (κ1) is 23.5. The van der Waals surface area contributed by atoms with E-state index in [1.54, 1.807) is 0 Å². The molecule has 1 saturated heterocycles. The number of fused-ring (bicyclic) bond motifs is 1. The van der Waals surface area contributed by atoms with E-state index in [2.05, 4.69) is 10.3 Å². The van der Waals surface area contributed by atoms with Crippen molar-refractivity contribution in [2.45, 2.75) is 63.9 Å². The molecule has 0 spiro atoms. The molecule has 1 saturated carbocycles. The number of thioether (sulfide) groups is 1. The van der Waals surface area contributed by atoms with Crippen molar-refractivity contribution < 1.29 is 14.3 Å². The van der Waals surface area contributed by atoms with Crippen LogP contribution in [-0.2, 0) is 22.4 Å². The number of aromatic nitrogens is 1. The number of nitrogens with one attached hydrogen (secondary N) is 1. The smallest absolute Gasteiger partial charge is 0.266 e. The van der Waals surface area contributed by atoms with Crippen LogP contribution >= 0.6 is 35.3 Å². The van der Waals surface area contributed by atoms with Crippen LogP contribution in [0.1, 0.15) is 61.1 Å². The van der Waals surface area contributed by atoms with Crippen molar-refractivity contribution in [2.75, 3.05) is 11.9 Å². The third kappa shape index (κ3) is 5.53. The first-order valence-electron chi connectivity index (χ1n) is 11.9. The molecule has 0 unspecified atom stereocenters. The zero-order valence-corrected chi connectivity index (χ0v) is 21.3. The maximum atomic E-state index is 12.9. The predicted molar refractivity (Wildman–Crippen MR) is 141 cm³/mol. The van der Waals surface area contributed by atoms with Crippen molar-refractivity contribution in [3.8, 4) is 5.75 Å². The number of nitrogens with zero attached hydrogens (tertiary/aromatic N) is 2. The molecule has 0 radical (unpaired) electrons. The Labute approximate surface area is 213 Å². The molecule has 2 amide bonds. The standard InChI is InChI=1S/C25H27N3O3S3/c29-22(27-24-26-19-8-4-5-9-20(19)33-24)15-28-23(30)21(34-25(28)32)14-16-10-12-18(13-11-16)31-17-6-2-1-3-7-17/h10-14,17H,1-9,15H2,(H,26,27,29)/b21-14-. The van der Waals surface area contributed by atoms with Gasteiger partial charge in [0.2, 0.25) is 5.91 Å². The number of thiazole rings is 1. The summed E-state index contributed by atoms with van der Waals surface area (Å²) in [5.74, 6) is 0.330. The maximum absolute atomic E-state index is 12.9. The minimum Gasteiger partial charge on any atom is -0.490 e. The fraction of sp³-hybridized carbons (Fsp3) is 0.440. The van der Waals surface area contributed by atoms with Crippen LogP contribution in [0.25, 0.3) is 6.08 Å². The summed E-state index contributed by atoms with van der Waals surface area (Å²) in [5.41, 5.74) is 1.99. The van der Waals surface area contributed by atoms with Crippen LogP contribution in [-0.4, -0.2) is 38.7 Å². The summed E-state index contributed by atoms with van der Waals surface area (Å²) in [5, 5.41) is 3.45. The number of rotatable bonds is 6.